The Hall–Kier alpha value is -1.30. The fourth-order valence-corrected chi connectivity index (χ4v) is 2.10. The van der Waals surface area contributed by atoms with Crippen molar-refractivity contribution in [3.05, 3.63) is 34.9 Å². The van der Waals surface area contributed by atoms with Crippen LogP contribution in [0.2, 0.25) is 5.02 Å². The summed E-state index contributed by atoms with van der Waals surface area (Å²) in [5.74, 6) is 0.318. The first-order valence-electron chi connectivity index (χ1n) is 6.78. The Morgan fingerprint density at radius 2 is 2.15 bits per heavy atom. The summed E-state index contributed by atoms with van der Waals surface area (Å²) in [6.07, 6.45) is 0. The highest BCUT2D eigenvalue weighted by atomic mass is 35.5. The van der Waals surface area contributed by atoms with Crippen LogP contribution >= 0.6 is 11.6 Å². The number of halogens is 1. The molecular weight excluding hydrogens is 278 g/mol. The van der Waals surface area contributed by atoms with Crippen LogP contribution in [0, 0.1) is 5.92 Å². The zero-order valence-corrected chi connectivity index (χ0v) is 12.1. The van der Waals surface area contributed by atoms with Crippen LogP contribution in [0.25, 0.3) is 0 Å². The van der Waals surface area contributed by atoms with E-state index in [-0.39, 0.29) is 6.03 Å². The van der Waals surface area contributed by atoms with Crippen LogP contribution in [-0.4, -0.2) is 38.9 Å². The quantitative estimate of drug-likeness (QED) is 0.787. The average molecular weight is 298 g/mol. The van der Waals surface area contributed by atoms with Crippen molar-refractivity contribution < 1.29 is 9.53 Å². The van der Waals surface area contributed by atoms with Crippen LogP contribution in [0.5, 0.6) is 0 Å². The van der Waals surface area contributed by atoms with Gasteiger partial charge in [-0.1, -0.05) is 23.7 Å². The molecule has 1 fully saturated rings. The van der Waals surface area contributed by atoms with E-state index >= 15 is 0 Å². The molecule has 3 N–H and O–H groups in total. The van der Waals surface area contributed by atoms with Gasteiger partial charge in [-0.25, -0.2) is 4.79 Å². The van der Waals surface area contributed by atoms with Gasteiger partial charge >= 0.3 is 6.03 Å². The lowest BCUT2D eigenvalue weighted by molar-refractivity contribution is 0.123. The van der Waals surface area contributed by atoms with E-state index in [2.05, 4.69) is 16.0 Å². The number of hydrogen-bond donors (Lipinski definition) is 3. The first-order valence-corrected chi connectivity index (χ1v) is 7.16. The van der Waals surface area contributed by atoms with E-state index in [4.69, 9.17) is 16.3 Å². The summed E-state index contributed by atoms with van der Waals surface area (Å²) in [5, 5.41) is 9.65. The molecule has 1 saturated heterocycles. The van der Waals surface area contributed by atoms with E-state index in [1.807, 2.05) is 24.3 Å². The summed E-state index contributed by atoms with van der Waals surface area (Å²) in [7, 11) is 0. The number of hydrogen-bond acceptors (Lipinski definition) is 3. The maximum Gasteiger partial charge on any atom is 0.315 e. The SMILES string of the molecule is O=C(NCc1ccc(Cl)cc1)NCC1CNCCOC1. The molecule has 0 aliphatic carbocycles. The summed E-state index contributed by atoms with van der Waals surface area (Å²) < 4.78 is 5.43. The molecule has 5 nitrogen and oxygen atoms in total. The lowest BCUT2D eigenvalue weighted by Gasteiger charge is -2.15. The van der Waals surface area contributed by atoms with Gasteiger partial charge in [0.25, 0.3) is 0 Å². The predicted molar refractivity (Wildman–Crippen MR) is 78.9 cm³/mol. The van der Waals surface area contributed by atoms with Crippen LogP contribution in [0.15, 0.2) is 24.3 Å². The number of benzene rings is 1. The molecule has 1 aromatic rings. The number of amides is 2. The molecule has 1 unspecified atom stereocenters. The van der Waals surface area contributed by atoms with Gasteiger partial charge in [-0.3, -0.25) is 0 Å². The van der Waals surface area contributed by atoms with E-state index in [0.29, 0.717) is 30.6 Å². The molecule has 1 heterocycles. The summed E-state index contributed by atoms with van der Waals surface area (Å²) >= 11 is 5.81. The van der Waals surface area contributed by atoms with Crippen molar-refractivity contribution >= 4 is 17.6 Å². The molecule has 0 radical (unpaired) electrons. The zero-order valence-electron chi connectivity index (χ0n) is 11.3. The summed E-state index contributed by atoms with van der Waals surface area (Å²) in [5.41, 5.74) is 1.02. The van der Waals surface area contributed by atoms with Gasteiger partial charge in [0.05, 0.1) is 13.2 Å². The topological polar surface area (TPSA) is 62.4 Å². The molecule has 2 rings (SSSR count). The minimum absolute atomic E-state index is 0.163. The van der Waals surface area contributed by atoms with Crippen molar-refractivity contribution in [2.45, 2.75) is 6.54 Å². The smallest absolute Gasteiger partial charge is 0.315 e. The first-order chi connectivity index (χ1) is 9.74. The third-order valence-electron chi connectivity index (χ3n) is 3.13. The van der Waals surface area contributed by atoms with Gasteiger partial charge in [-0.2, -0.15) is 0 Å². The van der Waals surface area contributed by atoms with Crippen LogP contribution in [-0.2, 0) is 11.3 Å². The van der Waals surface area contributed by atoms with Crippen molar-refractivity contribution in [3.8, 4) is 0 Å². The van der Waals surface area contributed by atoms with E-state index in [1.165, 1.54) is 0 Å². The Morgan fingerprint density at radius 1 is 1.35 bits per heavy atom. The van der Waals surface area contributed by atoms with Gasteiger partial charge in [0.2, 0.25) is 0 Å². The third-order valence-corrected chi connectivity index (χ3v) is 3.38. The minimum atomic E-state index is -0.163. The predicted octanol–water partition coefficient (Wildman–Crippen LogP) is 1.38. The number of ether oxygens (including phenoxy) is 1. The first kappa shape index (κ1) is 15.1. The maximum absolute atomic E-state index is 11.7. The fourth-order valence-electron chi connectivity index (χ4n) is 1.97. The van der Waals surface area contributed by atoms with E-state index in [9.17, 15) is 4.79 Å². The highest BCUT2D eigenvalue weighted by Gasteiger charge is 2.13. The number of carbonyl (C=O) groups is 1. The summed E-state index contributed by atoms with van der Waals surface area (Å²) in [4.78, 5) is 11.7. The van der Waals surface area contributed by atoms with Gasteiger partial charge in [0, 0.05) is 37.1 Å². The Balaban J connectivity index is 1.66. The van der Waals surface area contributed by atoms with E-state index in [0.717, 1.165) is 25.3 Å². The second kappa shape index (κ2) is 8.09. The number of rotatable bonds is 4. The molecule has 6 heteroatoms. The highest BCUT2D eigenvalue weighted by molar-refractivity contribution is 6.30. The zero-order chi connectivity index (χ0) is 14.2. The van der Waals surface area contributed by atoms with Crippen LogP contribution < -0.4 is 16.0 Å². The van der Waals surface area contributed by atoms with Crippen molar-refractivity contribution in [1.82, 2.24) is 16.0 Å². The van der Waals surface area contributed by atoms with Crippen molar-refractivity contribution in [3.63, 3.8) is 0 Å². The van der Waals surface area contributed by atoms with E-state index in [1.54, 1.807) is 0 Å². The third kappa shape index (κ3) is 5.36. The minimum Gasteiger partial charge on any atom is -0.380 e. The monoisotopic (exact) mass is 297 g/mol. The number of carbonyl (C=O) groups excluding carboxylic acids is 1. The summed E-state index contributed by atoms with van der Waals surface area (Å²) in [6, 6.07) is 7.25. The largest absolute Gasteiger partial charge is 0.380 e. The highest BCUT2D eigenvalue weighted by Crippen LogP contribution is 2.09. The van der Waals surface area contributed by atoms with Crippen molar-refractivity contribution in [1.29, 1.82) is 0 Å². The Bertz CT molecular complexity index is 417. The normalized spacial score (nSPS) is 19.1. The molecule has 20 heavy (non-hydrogen) atoms. The molecular formula is C14H20ClN3O2. The van der Waals surface area contributed by atoms with Crippen LogP contribution in [0.4, 0.5) is 4.79 Å². The van der Waals surface area contributed by atoms with Gasteiger partial charge in [-0.15, -0.1) is 0 Å². The van der Waals surface area contributed by atoms with Crippen LogP contribution in [0.1, 0.15) is 5.56 Å². The maximum atomic E-state index is 11.7. The number of nitrogens with one attached hydrogen (secondary N) is 3. The standard InChI is InChI=1S/C14H20ClN3O2/c15-13-3-1-11(2-4-13)8-17-14(19)18-9-12-7-16-5-6-20-10-12/h1-4,12,16H,5-10H2,(H2,17,18,19). The van der Waals surface area contributed by atoms with E-state index < -0.39 is 0 Å². The second-order valence-electron chi connectivity index (χ2n) is 4.84. The fraction of sp³-hybridized carbons (Fsp3) is 0.500. The Kier molecular flexibility index (Phi) is 6.11. The van der Waals surface area contributed by atoms with Gasteiger partial charge in [-0.05, 0) is 17.7 Å². The molecule has 0 spiro atoms. The van der Waals surface area contributed by atoms with Gasteiger partial charge < -0.3 is 20.7 Å². The number of urea groups is 1. The van der Waals surface area contributed by atoms with Crippen molar-refractivity contribution in [2.75, 3.05) is 32.8 Å². The molecule has 0 aromatic heterocycles. The molecule has 110 valence electrons. The van der Waals surface area contributed by atoms with Gasteiger partial charge in [0.1, 0.15) is 0 Å². The molecule has 0 saturated carbocycles. The van der Waals surface area contributed by atoms with Crippen molar-refractivity contribution in [2.24, 2.45) is 5.92 Å². The molecule has 0 bridgehead atoms. The lowest BCUT2D eigenvalue weighted by Crippen LogP contribution is -2.40. The summed E-state index contributed by atoms with van der Waals surface area (Å²) in [6.45, 7) is 4.27. The Morgan fingerprint density at radius 3 is 2.95 bits per heavy atom. The lowest BCUT2D eigenvalue weighted by atomic mass is 10.1. The van der Waals surface area contributed by atoms with Crippen LogP contribution in [0.3, 0.4) is 0 Å². The molecule has 1 aliphatic rings. The molecule has 1 aliphatic heterocycles. The second-order valence-corrected chi connectivity index (χ2v) is 5.27. The Labute approximate surface area is 124 Å². The molecule has 1 aromatic carbocycles. The average Bonchev–Trinajstić information content (AvgIpc) is 2.73. The molecule has 2 amide bonds. The molecule has 1 atom stereocenters. The van der Waals surface area contributed by atoms with Gasteiger partial charge in [0.15, 0.2) is 0 Å².